The first-order valence-corrected chi connectivity index (χ1v) is 10.2. The minimum Gasteiger partial charge on any atom is -0.472 e. The number of furan rings is 1. The molecule has 4 rings (SSSR count). The molecule has 158 valence electrons. The van der Waals surface area contributed by atoms with E-state index in [0.29, 0.717) is 6.42 Å². The third-order valence-corrected chi connectivity index (χ3v) is 7.62. The first kappa shape index (κ1) is 20.3. The fraction of sp³-hybridized carbons (Fsp3) is 0.682. The highest BCUT2D eigenvalue weighted by atomic mass is 16.5. The molecule has 3 fully saturated rings. The van der Waals surface area contributed by atoms with E-state index in [2.05, 4.69) is 0 Å². The number of ether oxygens (including phenoxy) is 2. The molecule has 7 heteroatoms. The molecule has 1 saturated heterocycles. The highest BCUT2D eigenvalue weighted by Gasteiger charge is 2.66. The molecule has 1 aromatic rings. The Hall–Kier alpha value is -1.99. The van der Waals surface area contributed by atoms with Crippen LogP contribution in [0.3, 0.4) is 0 Å². The standard InChI is InChI=1S/C22H28O7/c1-12(24)29-17-6-14(9-23)21(2)7-16(25)15-11-28-18(13-4-5-27-10-13)8-22(15,3)20(21)19(17)26/h4-5,10,14-15,17-18,20,23H,6-9,11H2,1-3H3/t14-,15-,17-,18-,20-,21-,22?/m0/s1. The molecule has 2 saturated carbocycles. The normalized spacial score (nSPS) is 42.1. The quantitative estimate of drug-likeness (QED) is 0.772. The van der Waals surface area contributed by atoms with Crippen molar-refractivity contribution in [1.82, 2.24) is 0 Å². The van der Waals surface area contributed by atoms with Crippen molar-refractivity contribution in [1.29, 1.82) is 0 Å². The molecule has 29 heavy (non-hydrogen) atoms. The fourth-order valence-electron chi connectivity index (χ4n) is 6.26. The van der Waals surface area contributed by atoms with Crippen molar-refractivity contribution in [2.24, 2.45) is 28.6 Å². The number of Topliss-reactive ketones (excluding diaryl/α,β-unsaturated/α-hetero) is 2. The number of esters is 1. The lowest BCUT2D eigenvalue weighted by atomic mass is 9.43. The Balaban J connectivity index is 1.77. The van der Waals surface area contributed by atoms with Crippen LogP contribution in [0, 0.1) is 28.6 Å². The van der Waals surface area contributed by atoms with Gasteiger partial charge in [-0.25, -0.2) is 0 Å². The molecule has 2 aliphatic carbocycles. The van der Waals surface area contributed by atoms with Gasteiger partial charge >= 0.3 is 5.97 Å². The van der Waals surface area contributed by atoms with Crippen molar-refractivity contribution in [3.63, 3.8) is 0 Å². The van der Waals surface area contributed by atoms with Crippen LogP contribution in [-0.4, -0.2) is 42.0 Å². The van der Waals surface area contributed by atoms with Gasteiger partial charge in [-0.05, 0) is 35.7 Å². The third kappa shape index (κ3) is 3.06. The van der Waals surface area contributed by atoms with Gasteiger partial charge in [0.25, 0.3) is 0 Å². The highest BCUT2D eigenvalue weighted by molar-refractivity contribution is 5.94. The van der Waals surface area contributed by atoms with Gasteiger partial charge in [0.2, 0.25) is 0 Å². The summed E-state index contributed by atoms with van der Waals surface area (Å²) in [5.74, 6) is -1.78. The van der Waals surface area contributed by atoms with Crippen LogP contribution in [0.25, 0.3) is 0 Å². The van der Waals surface area contributed by atoms with Crippen LogP contribution in [0.2, 0.25) is 0 Å². The predicted octanol–water partition coefficient (Wildman–Crippen LogP) is 2.47. The van der Waals surface area contributed by atoms with E-state index in [1.165, 1.54) is 6.92 Å². The van der Waals surface area contributed by atoms with Crippen LogP contribution >= 0.6 is 0 Å². The van der Waals surface area contributed by atoms with Crippen molar-refractivity contribution in [3.8, 4) is 0 Å². The molecule has 1 aliphatic heterocycles. The number of ketones is 2. The molecule has 0 aromatic carbocycles. The summed E-state index contributed by atoms with van der Waals surface area (Å²) in [6, 6.07) is 1.83. The fourth-order valence-corrected chi connectivity index (χ4v) is 6.26. The van der Waals surface area contributed by atoms with E-state index in [0.717, 1.165) is 5.56 Å². The maximum absolute atomic E-state index is 13.6. The average molecular weight is 404 g/mol. The predicted molar refractivity (Wildman–Crippen MR) is 101 cm³/mol. The summed E-state index contributed by atoms with van der Waals surface area (Å²) in [4.78, 5) is 38.3. The van der Waals surface area contributed by atoms with Crippen molar-refractivity contribution < 1.29 is 33.4 Å². The van der Waals surface area contributed by atoms with Crippen molar-refractivity contribution in [2.75, 3.05) is 13.2 Å². The van der Waals surface area contributed by atoms with Gasteiger partial charge in [-0.3, -0.25) is 14.4 Å². The summed E-state index contributed by atoms with van der Waals surface area (Å²) in [5, 5.41) is 10.1. The molecule has 3 aliphatic rings. The Morgan fingerprint density at radius 2 is 2.07 bits per heavy atom. The smallest absolute Gasteiger partial charge is 0.303 e. The second-order valence-corrected chi connectivity index (χ2v) is 9.34. The van der Waals surface area contributed by atoms with E-state index < -0.39 is 34.7 Å². The molecule has 1 unspecified atom stereocenters. The number of hydrogen-bond donors (Lipinski definition) is 1. The zero-order valence-corrected chi connectivity index (χ0v) is 17.1. The number of rotatable bonds is 3. The van der Waals surface area contributed by atoms with Crippen molar-refractivity contribution >= 4 is 17.5 Å². The van der Waals surface area contributed by atoms with Crippen LogP contribution in [0.1, 0.15) is 51.7 Å². The lowest BCUT2D eigenvalue weighted by molar-refractivity contribution is -0.204. The maximum atomic E-state index is 13.6. The Morgan fingerprint density at radius 3 is 2.69 bits per heavy atom. The first-order chi connectivity index (χ1) is 13.7. The topological polar surface area (TPSA) is 103 Å². The van der Waals surface area contributed by atoms with E-state index in [1.807, 2.05) is 19.9 Å². The second-order valence-electron chi connectivity index (χ2n) is 9.34. The summed E-state index contributed by atoms with van der Waals surface area (Å²) in [6.07, 6.45) is 2.99. The molecule has 0 radical (unpaired) electrons. The molecule has 1 N–H and O–H groups in total. The van der Waals surface area contributed by atoms with Gasteiger partial charge in [0.15, 0.2) is 11.9 Å². The van der Waals surface area contributed by atoms with Gasteiger partial charge in [-0.15, -0.1) is 0 Å². The van der Waals surface area contributed by atoms with Gasteiger partial charge in [0.05, 0.1) is 25.2 Å². The van der Waals surface area contributed by atoms with E-state index in [9.17, 15) is 19.5 Å². The Kier molecular flexibility index (Phi) is 4.94. The number of carbonyl (C=O) groups is 3. The van der Waals surface area contributed by atoms with E-state index >= 15 is 0 Å². The Bertz CT molecular complexity index is 815. The van der Waals surface area contributed by atoms with Gasteiger partial charge in [0.1, 0.15) is 5.78 Å². The molecule has 1 aromatic heterocycles. The Morgan fingerprint density at radius 1 is 1.31 bits per heavy atom. The molecule has 0 amide bonds. The lowest BCUT2D eigenvalue weighted by Crippen LogP contribution is -2.65. The SMILES string of the molecule is CC(=O)O[C@H]1C[C@@H](CO)[C@]2(C)CC(=O)[C@@H]3CO[C@H](c4ccoc4)CC3(C)[C@H]2C1=O. The first-order valence-electron chi connectivity index (χ1n) is 10.2. The largest absolute Gasteiger partial charge is 0.472 e. The molecule has 0 spiro atoms. The number of aliphatic hydroxyl groups is 1. The van der Waals surface area contributed by atoms with Crippen LogP contribution in [0.5, 0.6) is 0 Å². The molecule has 0 bridgehead atoms. The van der Waals surface area contributed by atoms with Gasteiger partial charge in [0, 0.05) is 37.4 Å². The van der Waals surface area contributed by atoms with Crippen LogP contribution < -0.4 is 0 Å². The number of aliphatic hydroxyl groups excluding tert-OH is 1. The summed E-state index contributed by atoms with van der Waals surface area (Å²) in [7, 11) is 0. The maximum Gasteiger partial charge on any atom is 0.303 e. The van der Waals surface area contributed by atoms with Crippen LogP contribution in [-0.2, 0) is 23.9 Å². The second kappa shape index (κ2) is 7.06. The number of hydrogen-bond acceptors (Lipinski definition) is 7. The van der Waals surface area contributed by atoms with Crippen molar-refractivity contribution in [3.05, 3.63) is 24.2 Å². The third-order valence-electron chi connectivity index (χ3n) is 7.62. The number of carbonyl (C=O) groups excluding carboxylic acids is 3. The highest BCUT2D eigenvalue weighted by Crippen LogP contribution is 2.63. The Labute approximate surface area is 169 Å². The summed E-state index contributed by atoms with van der Waals surface area (Å²) in [6.45, 7) is 5.28. The van der Waals surface area contributed by atoms with E-state index in [-0.39, 0.29) is 49.6 Å². The molecular weight excluding hydrogens is 376 g/mol. The summed E-state index contributed by atoms with van der Waals surface area (Å²) >= 11 is 0. The number of fused-ring (bicyclic) bond motifs is 3. The van der Waals surface area contributed by atoms with Crippen LogP contribution in [0.4, 0.5) is 0 Å². The molecule has 7 nitrogen and oxygen atoms in total. The summed E-state index contributed by atoms with van der Waals surface area (Å²) < 4.78 is 16.5. The molecule has 7 atom stereocenters. The van der Waals surface area contributed by atoms with Crippen LogP contribution in [0.15, 0.2) is 23.0 Å². The molecule has 2 heterocycles. The zero-order valence-electron chi connectivity index (χ0n) is 17.1. The molecular formula is C22H28O7. The lowest BCUT2D eigenvalue weighted by Gasteiger charge is -2.61. The monoisotopic (exact) mass is 404 g/mol. The summed E-state index contributed by atoms with van der Waals surface area (Å²) in [5.41, 5.74) is -0.459. The average Bonchev–Trinajstić information content (AvgIpc) is 3.17. The van der Waals surface area contributed by atoms with E-state index in [1.54, 1.807) is 12.5 Å². The minimum atomic E-state index is -0.886. The zero-order chi connectivity index (χ0) is 21.0. The van der Waals surface area contributed by atoms with Crippen molar-refractivity contribution in [2.45, 2.75) is 52.2 Å². The van der Waals surface area contributed by atoms with E-state index in [4.69, 9.17) is 13.9 Å². The minimum absolute atomic E-state index is 0.0779. The van der Waals surface area contributed by atoms with Gasteiger partial charge in [-0.1, -0.05) is 13.8 Å². The van der Waals surface area contributed by atoms with Gasteiger partial charge < -0.3 is 19.0 Å². The van der Waals surface area contributed by atoms with Gasteiger partial charge in [-0.2, -0.15) is 0 Å².